The molecule has 3 N–H and O–H groups in total. The summed E-state index contributed by atoms with van der Waals surface area (Å²) in [7, 11) is 0. The standard InChI is InChI=1S/C14H28N2O2/c1-2-14(18)12-7-13(15-5-6-17)10-16(9-12)8-11-3-4-11/h11-15,17-18H,2-10H2,1H3. The quantitative estimate of drug-likeness (QED) is 0.619. The molecule has 1 heterocycles. The molecular formula is C14H28N2O2. The minimum Gasteiger partial charge on any atom is -0.395 e. The van der Waals surface area contributed by atoms with E-state index in [2.05, 4.69) is 17.1 Å². The van der Waals surface area contributed by atoms with Gasteiger partial charge in [0.1, 0.15) is 0 Å². The Hall–Kier alpha value is -0.160. The average molecular weight is 256 g/mol. The summed E-state index contributed by atoms with van der Waals surface area (Å²) in [4.78, 5) is 2.51. The van der Waals surface area contributed by atoms with E-state index in [0.29, 0.717) is 18.5 Å². The molecule has 18 heavy (non-hydrogen) atoms. The molecule has 1 saturated heterocycles. The van der Waals surface area contributed by atoms with E-state index in [1.165, 1.54) is 19.4 Å². The normalized spacial score (nSPS) is 31.5. The second kappa shape index (κ2) is 6.85. The van der Waals surface area contributed by atoms with Gasteiger partial charge in [0.05, 0.1) is 12.7 Å². The highest BCUT2D eigenvalue weighted by molar-refractivity contribution is 4.89. The van der Waals surface area contributed by atoms with Gasteiger partial charge in [-0.25, -0.2) is 0 Å². The molecule has 0 bridgehead atoms. The lowest BCUT2D eigenvalue weighted by molar-refractivity contribution is 0.0334. The molecule has 3 unspecified atom stereocenters. The van der Waals surface area contributed by atoms with E-state index in [1.807, 2.05) is 0 Å². The number of nitrogens with zero attached hydrogens (tertiary/aromatic N) is 1. The zero-order valence-electron chi connectivity index (χ0n) is 11.5. The molecular weight excluding hydrogens is 228 g/mol. The van der Waals surface area contributed by atoms with Crippen LogP contribution in [0, 0.1) is 11.8 Å². The number of hydrogen-bond donors (Lipinski definition) is 3. The summed E-state index contributed by atoms with van der Waals surface area (Å²) in [5.41, 5.74) is 0. The van der Waals surface area contributed by atoms with Gasteiger partial charge in [0.2, 0.25) is 0 Å². The van der Waals surface area contributed by atoms with Crippen LogP contribution >= 0.6 is 0 Å². The summed E-state index contributed by atoms with van der Waals surface area (Å²) < 4.78 is 0. The summed E-state index contributed by atoms with van der Waals surface area (Å²) in [6.45, 7) is 6.23. The van der Waals surface area contributed by atoms with Crippen molar-refractivity contribution in [2.24, 2.45) is 11.8 Å². The summed E-state index contributed by atoms with van der Waals surface area (Å²) in [6, 6.07) is 0.427. The highest BCUT2D eigenvalue weighted by Crippen LogP contribution is 2.32. The SMILES string of the molecule is CCC(O)C1CC(NCCO)CN(CC2CC2)C1. The Balaban J connectivity index is 1.86. The third-order valence-electron chi connectivity index (χ3n) is 4.28. The van der Waals surface area contributed by atoms with Crippen LogP contribution in [0.3, 0.4) is 0 Å². The Bertz CT molecular complexity index is 246. The third-order valence-corrected chi connectivity index (χ3v) is 4.28. The Morgan fingerprint density at radius 2 is 2.11 bits per heavy atom. The van der Waals surface area contributed by atoms with Crippen LogP contribution in [0.25, 0.3) is 0 Å². The first-order valence-corrected chi connectivity index (χ1v) is 7.47. The predicted molar refractivity (Wildman–Crippen MR) is 72.4 cm³/mol. The monoisotopic (exact) mass is 256 g/mol. The van der Waals surface area contributed by atoms with Crippen molar-refractivity contribution >= 4 is 0 Å². The molecule has 3 atom stereocenters. The predicted octanol–water partition coefficient (Wildman–Crippen LogP) is 0.440. The topological polar surface area (TPSA) is 55.7 Å². The van der Waals surface area contributed by atoms with Crippen molar-refractivity contribution in [3.8, 4) is 0 Å². The van der Waals surface area contributed by atoms with Crippen LogP contribution < -0.4 is 5.32 Å². The van der Waals surface area contributed by atoms with Gasteiger partial charge in [-0.2, -0.15) is 0 Å². The lowest BCUT2D eigenvalue weighted by Gasteiger charge is -2.40. The Morgan fingerprint density at radius 3 is 2.72 bits per heavy atom. The fraction of sp³-hybridized carbons (Fsp3) is 1.00. The summed E-state index contributed by atoms with van der Waals surface area (Å²) in [6.07, 6.45) is 4.47. The van der Waals surface area contributed by atoms with Gasteiger partial charge in [-0.05, 0) is 37.5 Å². The van der Waals surface area contributed by atoms with Gasteiger partial charge >= 0.3 is 0 Å². The van der Waals surface area contributed by atoms with Crippen molar-refractivity contribution in [1.29, 1.82) is 0 Å². The molecule has 0 spiro atoms. The zero-order valence-corrected chi connectivity index (χ0v) is 11.5. The first-order chi connectivity index (χ1) is 8.72. The van der Waals surface area contributed by atoms with E-state index in [-0.39, 0.29) is 12.7 Å². The van der Waals surface area contributed by atoms with Gasteiger partial charge in [0, 0.05) is 32.2 Å². The lowest BCUT2D eigenvalue weighted by atomic mass is 9.88. The van der Waals surface area contributed by atoms with Crippen LogP contribution in [0.15, 0.2) is 0 Å². The van der Waals surface area contributed by atoms with Crippen LogP contribution in [-0.4, -0.2) is 60.0 Å². The van der Waals surface area contributed by atoms with Gasteiger partial charge < -0.3 is 20.4 Å². The first-order valence-electron chi connectivity index (χ1n) is 7.47. The van der Waals surface area contributed by atoms with E-state index < -0.39 is 0 Å². The maximum Gasteiger partial charge on any atom is 0.0578 e. The molecule has 4 nitrogen and oxygen atoms in total. The number of aliphatic hydroxyl groups excluding tert-OH is 2. The van der Waals surface area contributed by atoms with Crippen LogP contribution in [-0.2, 0) is 0 Å². The molecule has 0 aromatic heterocycles. The molecule has 1 aliphatic heterocycles. The number of rotatable bonds is 7. The van der Waals surface area contributed by atoms with Crippen molar-refractivity contribution in [3.05, 3.63) is 0 Å². The van der Waals surface area contributed by atoms with Crippen LogP contribution in [0.2, 0.25) is 0 Å². The summed E-state index contributed by atoms with van der Waals surface area (Å²) in [5, 5.41) is 22.4. The number of likely N-dealkylation sites (tertiary alicyclic amines) is 1. The van der Waals surface area contributed by atoms with E-state index in [1.54, 1.807) is 0 Å². The van der Waals surface area contributed by atoms with Crippen LogP contribution in [0.5, 0.6) is 0 Å². The van der Waals surface area contributed by atoms with E-state index in [0.717, 1.165) is 31.8 Å². The molecule has 0 amide bonds. The molecule has 2 rings (SSSR count). The maximum atomic E-state index is 10.1. The number of nitrogens with one attached hydrogen (secondary N) is 1. The molecule has 106 valence electrons. The smallest absolute Gasteiger partial charge is 0.0578 e. The van der Waals surface area contributed by atoms with E-state index in [9.17, 15) is 5.11 Å². The van der Waals surface area contributed by atoms with Crippen molar-refractivity contribution in [3.63, 3.8) is 0 Å². The Morgan fingerprint density at radius 1 is 1.33 bits per heavy atom. The fourth-order valence-electron chi connectivity index (χ4n) is 3.08. The molecule has 0 aromatic rings. The molecule has 2 fully saturated rings. The number of piperidine rings is 1. The minimum absolute atomic E-state index is 0.176. The van der Waals surface area contributed by atoms with Gasteiger partial charge in [-0.1, -0.05) is 6.92 Å². The summed E-state index contributed by atoms with van der Waals surface area (Å²) in [5.74, 6) is 1.29. The Kier molecular flexibility index (Phi) is 5.42. The van der Waals surface area contributed by atoms with Gasteiger partial charge in [-0.3, -0.25) is 0 Å². The van der Waals surface area contributed by atoms with Crippen molar-refractivity contribution in [2.75, 3.05) is 32.8 Å². The van der Waals surface area contributed by atoms with E-state index >= 15 is 0 Å². The number of aliphatic hydroxyl groups is 2. The van der Waals surface area contributed by atoms with Crippen LogP contribution in [0.1, 0.15) is 32.6 Å². The average Bonchev–Trinajstić information content (AvgIpc) is 3.19. The highest BCUT2D eigenvalue weighted by Gasteiger charge is 2.33. The molecule has 1 aliphatic carbocycles. The maximum absolute atomic E-state index is 10.1. The minimum atomic E-state index is -0.176. The van der Waals surface area contributed by atoms with Gasteiger partial charge in [0.25, 0.3) is 0 Å². The molecule has 0 radical (unpaired) electrons. The van der Waals surface area contributed by atoms with Crippen molar-refractivity contribution in [1.82, 2.24) is 10.2 Å². The fourth-order valence-corrected chi connectivity index (χ4v) is 3.08. The first kappa shape index (κ1) is 14.3. The zero-order chi connectivity index (χ0) is 13.0. The van der Waals surface area contributed by atoms with Crippen molar-refractivity contribution in [2.45, 2.75) is 44.8 Å². The van der Waals surface area contributed by atoms with E-state index in [4.69, 9.17) is 5.11 Å². The summed E-state index contributed by atoms with van der Waals surface area (Å²) >= 11 is 0. The molecule has 4 heteroatoms. The lowest BCUT2D eigenvalue weighted by Crippen LogP contribution is -2.52. The number of hydrogen-bond acceptors (Lipinski definition) is 4. The second-order valence-electron chi connectivity index (χ2n) is 6.01. The highest BCUT2D eigenvalue weighted by atomic mass is 16.3. The van der Waals surface area contributed by atoms with Crippen molar-refractivity contribution < 1.29 is 10.2 Å². The van der Waals surface area contributed by atoms with Gasteiger partial charge in [0.15, 0.2) is 0 Å². The molecule has 0 aromatic carbocycles. The molecule has 1 saturated carbocycles. The molecule has 2 aliphatic rings. The third kappa shape index (κ3) is 4.19. The largest absolute Gasteiger partial charge is 0.395 e. The Labute approximate surface area is 110 Å². The van der Waals surface area contributed by atoms with Gasteiger partial charge in [-0.15, -0.1) is 0 Å². The second-order valence-corrected chi connectivity index (χ2v) is 6.01. The van der Waals surface area contributed by atoms with Crippen LogP contribution in [0.4, 0.5) is 0 Å².